The average molecular weight is 274 g/mol. The molecular weight excluding hydrogens is 262 g/mol. The van der Waals surface area contributed by atoms with Crippen LogP contribution in [0.1, 0.15) is 31.5 Å². The number of aromatic nitrogens is 4. The number of halogens is 1. The quantitative estimate of drug-likeness (QED) is 0.896. The minimum absolute atomic E-state index is 0. The van der Waals surface area contributed by atoms with E-state index < -0.39 is 5.54 Å². The first kappa shape index (κ1) is 12.4. The summed E-state index contributed by atoms with van der Waals surface area (Å²) in [6, 6.07) is 0. The summed E-state index contributed by atoms with van der Waals surface area (Å²) in [6.45, 7) is 0. The first-order chi connectivity index (χ1) is 7.78. The monoisotopic (exact) mass is 273 g/mol. The van der Waals surface area contributed by atoms with E-state index in [1.807, 2.05) is 0 Å². The lowest BCUT2D eigenvalue weighted by Gasteiger charge is -2.17. The van der Waals surface area contributed by atoms with Crippen LogP contribution in [0.25, 0.3) is 11.6 Å². The highest BCUT2D eigenvalue weighted by Crippen LogP contribution is 2.35. The molecule has 2 heterocycles. The van der Waals surface area contributed by atoms with Crippen molar-refractivity contribution in [2.24, 2.45) is 5.73 Å². The molecule has 0 bridgehead atoms. The van der Waals surface area contributed by atoms with Gasteiger partial charge in [0.05, 0.1) is 23.5 Å². The van der Waals surface area contributed by atoms with Crippen molar-refractivity contribution in [1.82, 2.24) is 18.9 Å². The Hall–Kier alpha value is -1.05. The van der Waals surface area contributed by atoms with Crippen LogP contribution in [0.15, 0.2) is 10.7 Å². The van der Waals surface area contributed by atoms with Crippen molar-refractivity contribution >= 4 is 24.1 Å². The largest absolute Gasteiger partial charge is 0.332 e. The van der Waals surface area contributed by atoms with E-state index in [4.69, 9.17) is 10.3 Å². The van der Waals surface area contributed by atoms with Crippen LogP contribution in [0.4, 0.5) is 0 Å². The van der Waals surface area contributed by atoms with Crippen molar-refractivity contribution in [3.8, 4) is 11.6 Å². The van der Waals surface area contributed by atoms with Gasteiger partial charge in [-0.2, -0.15) is 13.7 Å². The summed E-state index contributed by atoms with van der Waals surface area (Å²) in [5.41, 5.74) is 6.43. The lowest BCUT2D eigenvalue weighted by atomic mass is 9.99. The number of hydrogen-bond donors (Lipinski definition) is 1. The maximum Gasteiger partial charge on any atom is 0.279 e. The van der Waals surface area contributed by atoms with Gasteiger partial charge in [0.2, 0.25) is 0 Å². The Balaban J connectivity index is 0.00000108. The molecular formula is C9H12ClN5OS. The maximum absolute atomic E-state index is 6.23. The Morgan fingerprint density at radius 3 is 2.76 bits per heavy atom. The standard InChI is InChI=1S/C9H11N5OS.ClH/c10-9(3-1-2-4-9)8-12-7(15-13-8)6-5-11-16-14-6;/h5H,1-4,10H2;1H. The molecule has 2 N–H and O–H groups in total. The lowest BCUT2D eigenvalue weighted by molar-refractivity contribution is 0.372. The first-order valence-electron chi connectivity index (χ1n) is 5.19. The zero-order valence-corrected chi connectivity index (χ0v) is 10.6. The third kappa shape index (κ3) is 2.18. The summed E-state index contributed by atoms with van der Waals surface area (Å²) in [6.07, 6.45) is 5.69. The van der Waals surface area contributed by atoms with E-state index in [0.717, 1.165) is 37.4 Å². The molecule has 0 spiro atoms. The second-order valence-electron chi connectivity index (χ2n) is 4.08. The Bertz CT molecular complexity index is 479. The molecule has 1 aliphatic rings. The maximum atomic E-state index is 6.23. The Morgan fingerprint density at radius 1 is 1.35 bits per heavy atom. The van der Waals surface area contributed by atoms with Gasteiger partial charge >= 0.3 is 0 Å². The normalized spacial score (nSPS) is 17.9. The molecule has 1 fully saturated rings. The summed E-state index contributed by atoms with van der Waals surface area (Å²) >= 11 is 1.12. The molecule has 0 saturated heterocycles. The Morgan fingerprint density at radius 2 is 2.12 bits per heavy atom. The van der Waals surface area contributed by atoms with Crippen LogP contribution in [0.2, 0.25) is 0 Å². The predicted octanol–water partition coefficient (Wildman–Crippen LogP) is 1.74. The van der Waals surface area contributed by atoms with Crippen LogP contribution in [-0.2, 0) is 5.54 Å². The number of hydrogen-bond acceptors (Lipinski definition) is 7. The van der Waals surface area contributed by atoms with Gasteiger partial charge in [0, 0.05) is 0 Å². The van der Waals surface area contributed by atoms with Crippen molar-refractivity contribution in [3.63, 3.8) is 0 Å². The molecule has 0 unspecified atom stereocenters. The van der Waals surface area contributed by atoms with Gasteiger partial charge in [0.1, 0.15) is 0 Å². The number of nitrogens with two attached hydrogens (primary N) is 1. The third-order valence-corrected chi connectivity index (χ3v) is 3.43. The van der Waals surface area contributed by atoms with Gasteiger partial charge in [-0.25, -0.2) is 0 Å². The van der Waals surface area contributed by atoms with Crippen molar-refractivity contribution in [3.05, 3.63) is 12.0 Å². The van der Waals surface area contributed by atoms with Crippen LogP contribution in [0.3, 0.4) is 0 Å². The third-order valence-electron chi connectivity index (χ3n) is 2.95. The van der Waals surface area contributed by atoms with Crippen LogP contribution >= 0.6 is 24.1 Å². The highest BCUT2D eigenvalue weighted by molar-refractivity contribution is 6.99. The van der Waals surface area contributed by atoms with Crippen molar-refractivity contribution in [2.75, 3.05) is 0 Å². The second-order valence-corrected chi connectivity index (χ2v) is 4.64. The fourth-order valence-electron chi connectivity index (χ4n) is 2.02. The molecule has 2 aromatic heterocycles. The lowest BCUT2D eigenvalue weighted by Crippen LogP contribution is -2.34. The molecule has 0 atom stereocenters. The van der Waals surface area contributed by atoms with E-state index in [-0.39, 0.29) is 12.4 Å². The first-order valence-corrected chi connectivity index (χ1v) is 5.92. The summed E-state index contributed by atoms with van der Waals surface area (Å²) in [5.74, 6) is 0.994. The van der Waals surface area contributed by atoms with Crippen molar-refractivity contribution < 1.29 is 4.52 Å². The van der Waals surface area contributed by atoms with Crippen LogP contribution < -0.4 is 5.73 Å². The smallest absolute Gasteiger partial charge is 0.279 e. The van der Waals surface area contributed by atoms with Crippen molar-refractivity contribution in [2.45, 2.75) is 31.2 Å². The van der Waals surface area contributed by atoms with Crippen LogP contribution in [0.5, 0.6) is 0 Å². The van der Waals surface area contributed by atoms with Gasteiger partial charge < -0.3 is 10.3 Å². The van der Waals surface area contributed by atoms with Crippen LogP contribution in [-0.4, -0.2) is 18.9 Å². The van der Waals surface area contributed by atoms with Gasteiger partial charge in [0.15, 0.2) is 11.5 Å². The van der Waals surface area contributed by atoms with E-state index in [2.05, 4.69) is 18.9 Å². The fourth-order valence-corrected chi connectivity index (χ4v) is 2.43. The van der Waals surface area contributed by atoms with Gasteiger partial charge in [-0.05, 0) is 12.8 Å². The van der Waals surface area contributed by atoms with E-state index >= 15 is 0 Å². The summed E-state index contributed by atoms with van der Waals surface area (Å²) < 4.78 is 13.1. The topological polar surface area (TPSA) is 90.7 Å². The molecule has 2 aromatic rings. The summed E-state index contributed by atoms with van der Waals surface area (Å²) in [4.78, 5) is 4.31. The molecule has 0 radical (unpaired) electrons. The molecule has 92 valence electrons. The van der Waals surface area contributed by atoms with Gasteiger partial charge in [-0.3, -0.25) is 0 Å². The van der Waals surface area contributed by atoms with Crippen LogP contribution in [0, 0.1) is 0 Å². The molecule has 8 heteroatoms. The summed E-state index contributed by atoms with van der Waals surface area (Å²) in [7, 11) is 0. The highest BCUT2D eigenvalue weighted by atomic mass is 35.5. The van der Waals surface area contributed by atoms with E-state index in [1.165, 1.54) is 0 Å². The molecule has 0 aliphatic heterocycles. The SMILES string of the molecule is Cl.NC1(c2noc(-c3cnsn3)n2)CCCC1. The second kappa shape index (κ2) is 4.67. The van der Waals surface area contributed by atoms with Gasteiger partial charge in [-0.1, -0.05) is 18.0 Å². The number of nitrogens with zero attached hydrogens (tertiary/aromatic N) is 4. The predicted molar refractivity (Wildman–Crippen MR) is 64.8 cm³/mol. The molecule has 0 aromatic carbocycles. The highest BCUT2D eigenvalue weighted by Gasteiger charge is 2.36. The van der Waals surface area contributed by atoms with E-state index in [0.29, 0.717) is 17.4 Å². The fraction of sp³-hybridized carbons (Fsp3) is 0.556. The van der Waals surface area contributed by atoms with E-state index in [1.54, 1.807) is 6.20 Å². The molecule has 17 heavy (non-hydrogen) atoms. The molecule has 1 aliphatic carbocycles. The zero-order valence-electron chi connectivity index (χ0n) is 9.00. The number of rotatable bonds is 2. The molecule has 6 nitrogen and oxygen atoms in total. The van der Waals surface area contributed by atoms with Gasteiger partial charge in [-0.15, -0.1) is 12.4 Å². The molecule has 0 amide bonds. The zero-order chi connectivity index (χ0) is 11.0. The molecule has 3 rings (SSSR count). The molecule has 1 saturated carbocycles. The minimum Gasteiger partial charge on any atom is -0.332 e. The minimum atomic E-state index is -0.412. The Kier molecular flexibility index (Phi) is 3.41. The average Bonchev–Trinajstić information content (AvgIpc) is 2.98. The summed E-state index contributed by atoms with van der Waals surface area (Å²) in [5, 5.41) is 3.95. The van der Waals surface area contributed by atoms with E-state index in [9.17, 15) is 0 Å². The van der Waals surface area contributed by atoms with Crippen molar-refractivity contribution in [1.29, 1.82) is 0 Å². The Labute approximate surface area is 108 Å². The van der Waals surface area contributed by atoms with Gasteiger partial charge in [0.25, 0.3) is 5.89 Å².